The molecule has 0 radical (unpaired) electrons. The Morgan fingerprint density at radius 1 is 1.08 bits per heavy atom. The number of benzene rings is 1. The predicted molar refractivity (Wildman–Crippen MR) is 97.9 cm³/mol. The van der Waals surface area contributed by atoms with E-state index in [-0.39, 0.29) is 19.0 Å². The number of nitrogens with zero attached hydrogens (tertiary/aromatic N) is 2. The predicted octanol–water partition coefficient (Wildman–Crippen LogP) is 5.69. The first kappa shape index (κ1) is 20.1. The van der Waals surface area contributed by atoms with E-state index in [1.807, 2.05) is 13.8 Å². The Morgan fingerprint density at radius 3 is 2.31 bits per heavy atom. The summed E-state index contributed by atoms with van der Waals surface area (Å²) in [6.45, 7) is 7.11. The van der Waals surface area contributed by atoms with Crippen molar-refractivity contribution in [1.29, 1.82) is 0 Å². The van der Waals surface area contributed by atoms with Gasteiger partial charge in [-0.1, -0.05) is 12.1 Å². The zero-order valence-corrected chi connectivity index (χ0v) is 15.5. The Hall–Kier alpha value is -2.21. The summed E-state index contributed by atoms with van der Waals surface area (Å²) in [5.74, 6) is 0.683. The maximum atomic E-state index is 12.6. The van der Waals surface area contributed by atoms with Crippen LogP contribution < -0.4 is 4.74 Å². The summed E-state index contributed by atoms with van der Waals surface area (Å²) < 4.78 is 45.9. The molecule has 140 valence electrons. The Morgan fingerprint density at radius 2 is 1.73 bits per heavy atom. The van der Waals surface area contributed by atoms with Gasteiger partial charge in [-0.15, -0.1) is 12.4 Å². The Labute approximate surface area is 156 Å². The Balaban J connectivity index is 0.00000243. The molecule has 0 atom stereocenters. The highest BCUT2D eigenvalue weighted by atomic mass is 35.5. The van der Waals surface area contributed by atoms with Crippen molar-refractivity contribution in [1.82, 2.24) is 9.55 Å². The molecule has 0 spiro atoms. The first-order valence-corrected chi connectivity index (χ1v) is 8.06. The number of fused-ring (bicyclic) bond motifs is 1. The number of hydrogen-bond acceptors (Lipinski definition) is 2. The minimum absolute atomic E-state index is 0. The molecule has 0 unspecified atom stereocenters. The molecule has 2 aromatic heterocycles. The van der Waals surface area contributed by atoms with E-state index in [0.29, 0.717) is 11.3 Å². The van der Waals surface area contributed by atoms with Crippen LogP contribution in [0.25, 0.3) is 11.0 Å². The Bertz CT molecular complexity index is 902. The van der Waals surface area contributed by atoms with E-state index in [2.05, 4.69) is 16.5 Å². The molecule has 0 amide bonds. The molecule has 0 N–H and O–H groups in total. The second kappa shape index (κ2) is 7.58. The van der Waals surface area contributed by atoms with Gasteiger partial charge in [0.1, 0.15) is 17.9 Å². The first-order valence-electron chi connectivity index (χ1n) is 8.06. The number of pyridine rings is 1. The number of halogens is 4. The van der Waals surface area contributed by atoms with Crippen molar-refractivity contribution < 1.29 is 17.9 Å². The SMILES string of the molecule is CCn1c(C)c(C)c2nccc(OCc3ccc(C(F)(F)F)cc3)c21.Cl. The standard InChI is InChI=1S/C19H19F3N2O.ClH/c1-4-24-13(3)12(2)17-18(24)16(9-10-23-17)25-11-14-5-7-15(8-6-14)19(20,21)22;/h5-10H,4,11H2,1-3H3;1H. The summed E-state index contributed by atoms with van der Waals surface area (Å²) in [6.07, 6.45) is -2.63. The highest BCUT2D eigenvalue weighted by Crippen LogP contribution is 2.32. The topological polar surface area (TPSA) is 27.1 Å². The van der Waals surface area contributed by atoms with Gasteiger partial charge in [0.2, 0.25) is 0 Å². The molecular weight excluding hydrogens is 365 g/mol. The molecule has 1 aromatic carbocycles. The van der Waals surface area contributed by atoms with Gasteiger partial charge in [0.15, 0.2) is 0 Å². The van der Waals surface area contributed by atoms with E-state index in [1.165, 1.54) is 12.1 Å². The van der Waals surface area contributed by atoms with E-state index in [0.717, 1.165) is 41.0 Å². The van der Waals surface area contributed by atoms with Crippen LogP contribution in [0.2, 0.25) is 0 Å². The molecule has 3 aromatic rings. The molecule has 26 heavy (non-hydrogen) atoms. The number of aryl methyl sites for hydroxylation is 2. The van der Waals surface area contributed by atoms with Gasteiger partial charge < -0.3 is 9.30 Å². The van der Waals surface area contributed by atoms with Crippen molar-refractivity contribution in [2.24, 2.45) is 0 Å². The average Bonchev–Trinajstić information content (AvgIpc) is 2.84. The minimum Gasteiger partial charge on any atom is -0.487 e. The van der Waals surface area contributed by atoms with Gasteiger partial charge in [0.05, 0.1) is 11.1 Å². The van der Waals surface area contributed by atoms with Gasteiger partial charge in [-0.25, -0.2) is 0 Å². The monoisotopic (exact) mass is 384 g/mol. The van der Waals surface area contributed by atoms with Crippen LogP contribution in [0.1, 0.15) is 29.3 Å². The lowest BCUT2D eigenvalue weighted by Gasteiger charge is -2.12. The second-order valence-corrected chi connectivity index (χ2v) is 5.94. The summed E-state index contributed by atoms with van der Waals surface area (Å²) in [5.41, 5.74) is 4.08. The Kier molecular flexibility index (Phi) is 5.86. The first-order chi connectivity index (χ1) is 11.8. The fourth-order valence-electron chi connectivity index (χ4n) is 2.98. The second-order valence-electron chi connectivity index (χ2n) is 5.94. The summed E-state index contributed by atoms with van der Waals surface area (Å²) in [4.78, 5) is 4.44. The molecule has 0 fully saturated rings. The number of alkyl halides is 3. The van der Waals surface area contributed by atoms with Crippen LogP contribution >= 0.6 is 12.4 Å². The molecule has 2 heterocycles. The van der Waals surface area contributed by atoms with Crippen LogP contribution in [0.3, 0.4) is 0 Å². The lowest BCUT2D eigenvalue weighted by Crippen LogP contribution is -2.05. The van der Waals surface area contributed by atoms with Crippen molar-refractivity contribution in [3.8, 4) is 5.75 Å². The van der Waals surface area contributed by atoms with E-state index in [4.69, 9.17) is 4.74 Å². The molecule has 0 aliphatic carbocycles. The number of aromatic nitrogens is 2. The van der Waals surface area contributed by atoms with Gasteiger partial charge in [-0.2, -0.15) is 13.2 Å². The minimum atomic E-state index is -4.33. The molecular formula is C19H20ClF3N2O. The average molecular weight is 385 g/mol. The van der Waals surface area contributed by atoms with Crippen LogP contribution in [0.4, 0.5) is 13.2 Å². The van der Waals surface area contributed by atoms with Crippen LogP contribution in [-0.4, -0.2) is 9.55 Å². The van der Waals surface area contributed by atoms with Gasteiger partial charge >= 0.3 is 6.18 Å². The van der Waals surface area contributed by atoms with Crippen LogP contribution in [0.5, 0.6) is 5.75 Å². The summed E-state index contributed by atoms with van der Waals surface area (Å²) in [6, 6.07) is 6.82. The third kappa shape index (κ3) is 3.65. The van der Waals surface area contributed by atoms with Crippen molar-refractivity contribution in [2.75, 3.05) is 0 Å². The van der Waals surface area contributed by atoms with Gasteiger partial charge in [-0.3, -0.25) is 4.98 Å². The molecule has 0 bridgehead atoms. The van der Waals surface area contributed by atoms with Gasteiger partial charge in [0.25, 0.3) is 0 Å². The highest BCUT2D eigenvalue weighted by Gasteiger charge is 2.29. The van der Waals surface area contributed by atoms with Crippen LogP contribution in [-0.2, 0) is 19.3 Å². The van der Waals surface area contributed by atoms with E-state index < -0.39 is 11.7 Å². The zero-order chi connectivity index (χ0) is 18.2. The molecule has 3 rings (SSSR count). The number of ether oxygens (including phenoxy) is 1. The highest BCUT2D eigenvalue weighted by molar-refractivity contribution is 5.86. The zero-order valence-electron chi connectivity index (χ0n) is 14.7. The molecule has 7 heteroatoms. The van der Waals surface area contributed by atoms with Crippen molar-refractivity contribution in [2.45, 2.75) is 40.1 Å². The largest absolute Gasteiger partial charge is 0.487 e. The maximum Gasteiger partial charge on any atom is 0.416 e. The summed E-state index contributed by atoms with van der Waals surface area (Å²) in [5, 5.41) is 0. The molecule has 0 aliphatic heterocycles. The summed E-state index contributed by atoms with van der Waals surface area (Å²) >= 11 is 0. The van der Waals surface area contributed by atoms with Crippen molar-refractivity contribution in [3.05, 3.63) is 58.9 Å². The van der Waals surface area contributed by atoms with E-state index >= 15 is 0 Å². The fraction of sp³-hybridized carbons (Fsp3) is 0.316. The fourth-order valence-corrected chi connectivity index (χ4v) is 2.98. The molecule has 3 nitrogen and oxygen atoms in total. The normalized spacial score (nSPS) is 11.5. The number of rotatable bonds is 4. The maximum absolute atomic E-state index is 12.6. The van der Waals surface area contributed by atoms with Crippen molar-refractivity contribution >= 4 is 23.4 Å². The van der Waals surface area contributed by atoms with Crippen molar-refractivity contribution in [3.63, 3.8) is 0 Å². The summed E-state index contributed by atoms with van der Waals surface area (Å²) in [7, 11) is 0. The van der Waals surface area contributed by atoms with E-state index in [9.17, 15) is 13.2 Å². The molecule has 0 aliphatic rings. The quantitative estimate of drug-likeness (QED) is 0.577. The van der Waals surface area contributed by atoms with E-state index in [1.54, 1.807) is 12.3 Å². The lowest BCUT2D eigenvalue weighted by molar-refractivity contribution is -0.137. The number of hydrogen-bond donors (Lipinski definition) is 0. The third-order valence-electron chi connectivity index (χ3n) is 4.45. The van der Waals surface area contributed by atoms with Gasteiger partial charge in [-0.05, 0) is 44.0 Å². The molecule has 0 saturated heterocycles. The molecule has 0 saturated carbocycles. The lowest BCUT2D eigenvalue weighted by atomic mass is 10.1. The van der Waals surface area contributed by atoms with Gasteiger partial charge in [0, 0.05) is 24.5 Å². The third-order valence-corrected chi connectivity index (χ3v) is 4.45. The van der Waals surface area contributed by atoms with Crippen LogP contribution in [0, 0.1) is 13.8 Å². The smallest absolute Gasteiger partial charge is 0.416 e. The van der Waals surface area contributed by atoms with Crippen LogP contribution in [0.15, 0.2) is 36.5 Å².